The zero-order chi connectivity index (χ0) is 12.8. The van der Waals surface area contributed by atoms with Crippen LogP contribution in [0.15, 0.2) is 18.2 Å². The molecule has 0 spiro atoms. The largest absolute Gasteiger partial charge is 0.454 e. The van der Waals surface area contributed by atoms with Crippen molar-refractivity contribution in [2.75, 3.05) is 26.9 Å². The molecule has 0 unspecified atom stereocenters. The first-order valence-electron chi connectivity index (χ1n) is 6.09. The second kappa shape index (κ2) is 6.26. The molecule has 0 saturated carbocycles. The SMILES string of the molecule is CNCCCNC(=O)Cc1ccc2c(c1)OCO2. The lowest BCUT2D eigenvalue weighted by Gasteiger charge is -2.05. The van der Waals surface area contributed by atoms with E-state index in [0.29, 0.717) is 13.0 Å². The lowest BCUT2D eigenvalue weighted by atomic mass is 10.1. The van der Waals surface area contributed by atoms with Crippen LogP contribution in [0.5, 0.6) is 11.5 Å². The molecule has 0 fully saturated rings. The Morgan fingerprint density at radius 3 is 2.94 bits per heavy atom. The molecule has 0 saturated heterocycles. The van der Waals surface area contributed by atoms with Gasteiger partial charge in [0.2, 0.25) is 12.7 Å². The number of carbonyl (C=O) groups is 1. The van der Waals surface area contributed by atoms with Crippen molar-refractivity contribution in [1.29, 1.82) is 0 Å². The maximum absolute atomic E-state index is 11.7. The topological polar surface area (TPSA) is 59.6 Å². The normalized spacial score (nSPS) is 12.5. The maximum atomic E-state index is 11.7. The smallest absolute Gasteiger partial charge is 0.231 e. The highest BCUT2D eigenvalue weighted by molar-refractivity contribution is 5.78. The van der Waals surface area contributed by atoms with Gasteiger partial charge < -0.3 is 20.1 Å². The molecule has 98 valence electrons. The molecule has 0 atom stereocenters. The van der Waals surface area contributed by atoms with Crippen LogP contribution in [0.2, 0.25) is 0 Å². The van der Waals surface area contributed by atoms with Gasteiger partial charge in [0.15, 0.2) is 11.5 Å². The first-order valence-corrected chi connectivity index (χ1v) is 6.09. The van der Waals surface area contributed by atoms with Gasteiger partial charge in [-0.15, -0.1) is 0 Å². The third-order valence-electron chi connectivity index (χ3n) is 2.73. The van der Waals surface area contributed by atoms with Crippen molar-refractivity contribution >= 4 is 5.91 Å². The van der Waals surface area contributed by atoms with Crippen molar-refractivity contribution in [3.63, 3.8) is 0 Å². The van der Waals surface area contributed by atoms with Gasteiger partial charge in [-0.3, -0.25) is 4.79 Å². The predicted octanol–water partition coefficient (Wildman–Crippen LogP) is 0.683. The third-order valence-corrected chi connectivity index (χ3v) is 2.73. The van der Waals surface area contributed by atoms with E-state index in [1.54, 1.807) is 0 Å². The fourth-order valence-electron chi connectivity index (χ4n) is 1.79. The summed E-state index contributed by atoms with van der Waals surface area (Å²) in [5.41, 5.74) is 0.936. The molecule has 1 aliphatic rings. The molecule has 0 radical (unpaired) electrons. The number of rotatable bonds is 6. The second-order valence-electron chi connectivity index (χ2n) is 4.17. The summed E-state index contributed by atoms with van der Waals surface area (Å²) in [6.07, 6.45) is 1.31. The van der Waals surface area contributed by atoms with Gasteiger partial charge in [0.1, 0.15) is 0 Å². The number of carbonyl (C=O) groups excluding carboxylic acids is 1. The van der Waals surface area contributed by atoms with Gasteiger partial charge in [0, 0.05) is 6.54 Å². The molecule has 2 N–H and O–H groups in total. The summed E-state index contributed by atoms with van der Waals surface area (Å²) >= 11 is 0. The number of amides is 1. The van der Waals surface area contributed by atoms with Gasteiger partial charge in [-0.1, -0.05) is 6.07 Å². The number of hydrogen-bond donors (Lipinski definition) is 2. The summed E-state index contributed by atoms with van der Waals surface area (Å²) in [7, 11) is 1.90. The summed E-state index contributed by atoms with van der Waals surface area (Å²) in [6.45, 7) is 1.86. The molecule has 0 bridgehead atoms. The van der Waals surface area contributed by atoms with Gasteiger partial charge in [0.05, 0.1) is 6.42 Å². The number of nitrogens with one attached hydrogen (secondary N) is 2. The van der Waals surface area contributed by atoms with E-state index in [9.17, 15) is 4.79 Å². The van der Waals surface area contributed by atoms with Crippen LogP contribution in [0.4, 0.5) is 0 Å². The molecule has 1 amide bonds. The van der Waals surface area contributed by atoms with Crippen LogP contribution >= 0.6 is 0 Å². The Morgan fingerprint density at radius 2 is 2.11 bits per heavy atom. The Kier molecular flexibility index (Phi) is 4.41. The molecule has 5 nitrogen and oxygen atoms in total. The number of benzene rings is 1. The Bertz CT molecular complexity index is 421. The second-order valence-corrected chi connectivity index (χ2v) is 4.17. The number of ether oxygens (including phenoxy) is 2. The van der Waals surface area contributed by atoms with Crippen LogP contribution < -0.4 is 20.1 Å². The molecule has 0 aliphatic carbocycles. The minimum atomic E-state index is 0.0324. The molecule has 1 heterocycles. The fourth-order valence-corrected chi connectivity index (χ4v) is 1.79. The summed E-state index contributed by atoms with van der Waals surface area (Å²) in [5.74, 6) is 1.49. The van der Waals surface area contributed by atoms with E-state index < -0.39 is 0 Å². The van der Waals surface area contributed by atoms with Crippen LogP contribution in [0.1, 0.15) is 12.0 Å². The maximum Gasteiger partial charge on any atom is 0.231 e. The van der Waals surface area contributed by atoms with Gasteiger partial charge in [-0.2, -0.15) is 0 Å². The standard InChI is InChI=1S/C13H18N2O3/c1-14-5-2-6-15-13(16)8-10-3-4-11-12(7-10)18-9-17-11/h3-4,7,14H,2,5-6,8-9H2,1H3,(H,15,16). The Labute approximate surface area is 106 Å². The minimum Gasteiger partial charge on any atom is -0.454 e. The van der Waals surface area contributed by atoms with Crippen molar-refractivity contribution in [2.45, 2.75) is 12.8 Å². The van der Waals surface area contributed by atoms with Crippen molar-refractivity contribution in [2.24, 2.45) is 0 Å². The molecular weight excluding hydrogens is 232 g/mol. The van der Waals surface area contributed by atoms with Gasteiger partial charge in [0.25, 0.3) is 0 Å². The van der Waals surface area contributed by atoms with Gasteiger partial charge >= 0.3 is 0 Å². The zero-order valence-corrected chi connectivity index (χ0v) is 10.5. The summed E-state index contributed by atoms with van der Waals surface area (Å²) in [4.78, 5) is 11.7. The van der Waals surface area contributed by atoms with E-state index in [-0.39, 0.29) is 12.7 Å². The highest BCUT2D eigenvalue weighted by Gasteiger charge is 2.14. The van der Waals surface area contributed by atoms with E-state index >= 15 is 0 Å². The van der Waals surface area contributed by atoms with E-state index in [2.05, 4.69) is 10.6 Å². The lowest BCUT2D eigenvalue weighted by Crippen LogP contribution is -2.27. The first kappa shape index (κ1) is 12.7. The predicted molar refractivity (Wildman–Crippen MR) is 67.8 cm³/mol. The lowest BCUT2D eigenvalue weighted by molar-refractivity contribution is -0.120. The van der Waals surface area contributed by atoms with Crippen LogP contribution in [-0.4, -0.2) is 32.8 Å². The molecular formula is C13H18N2O3. The van der Waals surface area contributed by atoms with Crippen molar-refractivity contribution in [1.82, 2.24) is 10.6 Å². The molecule has 1 aromatic rings. The van der Waals surface area contributed by atoms with Crippen molar-refractivity contribution < 1.29 is 14.3 Å². The minimum absolute atomic E-state index is 0.0324. The monoisotopic (exact) mass is 250 g/mol. The third kappa shape index (κ3) is 3.37. The fraction of sp³-hybridized carbons (Fsp3) is 0.462. The zero-order valence-electron chi connectivity index (χ0n) is 10.5. The van der Waals surface area contributed by atoms with Crippen LogP contribution in [0.3, 0.4) is 0 Å². The molecule has 0 aromatic heterocycles. The Balaban J connectivity index is 1.80. The summed E-state index contributed by atoms with van der Waals surface area (Å²) in [5, 5.41) is 5.92. The molecule has 18 heavy (non-hydrogen) atoms. The van der Waals surface area contributed by atoms with Crippen LogP contribution in [-0.2, 0) is 11.2 Å². The van der Waals surface area contributed by atoms with Crippen molar-refractivity contribution in [3.05, 3.63) is 23.8 Å². The highest BCUT2D eigenvalue weighted by atomic mass is 16.7. The first-order chi connectivity index (χ1) is 8.79. The average molecular weight is 250 g/mol. The quantitative estimate of drug-likeness (QED) is 0.729. The van der Waals surface area contributed by atoms with E-state index in [0.717, 1.165) is 30.0 Å². The molecule has 5 heteroatoms. The van der Waals surface area contributed by atoms with Crippen LogP contribution in [0.25, 0.3) is 0 Å². The molecule has 2 rings (SSSR count). The van der Waals surface area contributed by atoms with Crippen LogP contribution in [0, 0.1) is 0 Å². The van der Waals surface area contributed by atoms with Gasteiger partial charge in [-0.05, 0) is 37.7 Å². The average Bonchev–Trinajstić information content (AvgIpc) is 2.82. The van der Waals surface area contributed by atoms with Gasteiger partial charge in [-0.25, -0.2) is 0 Å². The van der Waals surface area contributed by atoms with E-state index in [1.165, 1.54) is 0 Å². The Hall–Kier alpha value is -1.75. The summed E-state index contributed by atoms with van der Waals surface area (Å²) in [6, 6.07) is 5.59. The van der Waals surface area contributed by atoms with E-state index in [4.69, 9.17) is 9.47 Å². The number of fused-ring (bicyclic) bond motifs is 1. The van der Waals surface area contributed by atoms with Crippen molar-refractivity contribution in [3.8, 4) is 11.5 Å². The van der Waals surface area contributed by atoms with E-state index in [1.807, 2.05) is 25.2 Å². The highest BCUT2D eigenvalue weighted by Crippen LogP contribution is 2.32. The Morgan fingerprint density at radius 1 is 1.28 bits per heavy atom. The number of hydrogen-bond acceptors (Lipinski definition) is 4. The summed E-state index contributed by atoms with van der Waals surface area (Å²) < 4.78 is 10.5. The molecule has 1 aromatic carbocycles. The molecule has 1 aliphatic heterocycles.